The van der Waals surface area contributed by atoms with Crippen LogP contribution in [-0.2, 0) is 0 Å². The number of hydrogen-bond acceptors (Lipinski definition) is 5. The van der Waals surface area contributed by atoms with Crippen molar-refractivity contribution in [1.29, 1.82) is 0 Å². The normalized spacial score (nSPS) is 15.3. The van der Waals surface area contributed by atoms with Crippen molar-refractivity contribution >= 4 is 34.5 Å². The Morgan fingerprint density at radius 3 is 2.93 bits per heavy atom. The number of carbonyl (C=O) groups excluding carboxylic acids is 1. The van der Waals surface area contributed by atoms with Crippen molar-refractivity contribution < 1.29 is 9.90 Å². The number of hydrogen-bond donors (Lipinski definition) is 2. The van der Waals surface area contributed by atoms with E-state index in [9.17, 15) is 9.90 Å². The van der Waals surface area contributed by atoms with Crippen LogP contribution in [0.15, 0.2) is 42.9 Å². The van der Waals surface area contributed by atoms with E-state index in [0.717, 1.165) is 31.6 Å². The zero-order valence-corrected chi connectivity index (χ0v) is 15.4. The van der Waals surface area contributed by atoms with E-state index < -0.39 is 0 Å². The highest BCUT2D eigenvalue weighted by molar-refractivity contribution is 6.31. The molecule has 140 valence electrons. The van der Waals surface area contributed by atoms with Gasteiger partial charge >= 0.3 is 0 Å². The summed E-state index contributed by atoms with van der Waals surface area (Å²) in [4.78, 5) is 19.3. The molecule has 0 spiro atoms. The lowest BCUT2D eigenvalue weighted by Gasteiger charge is -2.34. The highest BCUT2D eigenvalue weighted by Crippen LogP contribution is 2.32. The van der Waals surface area contributed by atoms with Gasteiger partial charge in [0.2, 0.25) is 0 Å². The van der Waals surface area contributed by atoms with E-state index in [1.54, 1.807) is 29.0 Å². The molecule has 0 radical (unpaired) electrons. The summed E-state index contributed by atoms with van der Waals surface area (Å²) in [5, 5.41) is 17.0. The van der Waals surface area contributed by atoms with Gasteiger partial charge in [-0.3, -0.25) is 4.79 Å². The Balaban J connectivity index is 1.60. The van der Waals surface area contributed by atoms with E-state index in [-0.39, 0.29) is 12.5 Å². The van der Waals surface area contributed by atoms with Gasteiger partial charge in [0, 0.05) is 37.1 Å². The van der Waals surface area contributed by atoms with Crippen LogP contribution in [0.25, 0.3) is 5.65 Å². The average Bonchev–Trinajstić information content (AvgIpc) is 3.13. The largest absolute Gasteiger partial charge is 0.396 e. The average molecular weight is 386 g/mol. The second kappa shape index (κ2) is 7.54. The van der Waals surface area contributed by atoms with Crippen LogP contribution in [0.4, 0.5) is 11.4 Å². The van der Waals surface area contributed by atoms with Gasteiger partial charge in [0.05, 0.1) is 17.6 Å². The summed E-state index contributed by atoms with van der Waals surface area (Å²) in [7, 11) is 0. The fourth-order valence-corrected chi connectivity index (χ4v) is 3.59. The number of halogens is 1. The second-order valence-electron chi connectivity index (χ2n) is 6.67. The lowest BCUT2D eigenvalue weighted by Crippen LogP contribution is -2.35. The number of aromatic nitrogens is 3. The van der Waals surface area contributed by atoms with Crippen molar-refractivity contribution in [1.82, 2.24) is 14.6 Å². The molecule has 1 aliphatic heterocycles. The summed E-state index contributed by atoms with van der Waals surface area (Å²) in [6.07, 6.45) is 6.72. The van der Waals surface area contributed by atoms with Gasteiger partial charge in [-0.2, -0.15) is 5.10 Å². The van der Waals surface area contributed by atoms with Crippen LogP contribution in [0.1, 0.15) is 23.2 Å². The third-order valence-corrected chi connectivity index (χ3v) is 5.18. The Hall–Kier alpha value is -2.64. The molecule has 0 saturated carbocycles. The Bertz CT molecular complexity index is 966. The van der Waals surface area contributed by atoms with Gasteiger partial charge in [-0.15, -0.1) is 0 Å². The minimum absolute atomic E-state index is 0.222. The van der Waals surface area contributed by atoms with Crippen LogP contribution in [0, 0.1) is 5.92 Å². The van der Waals surface area contributed by atoms with Gasteiger partial charge in [-0.05, 0) is 43.0 Å². The van der Waals surface area contributed by atoms with Crippen molar-refractivity contribution in [2.24, 2.45) is 5.92 Å². The molecular weight excluding hydrogens is 366 g/mol. The second-order valence-corrected chi connectivity index (χ2v) is 7.11. The van der Waals surface area contributed by atoms with Gasteiger partial charge in [0.1, 0.15) is 5.56 Å². The molecule has 0 unspecified atom stereocenters. The standard InChI is InChI=1S/C19H20ClN5O2/c20-14-2-3-17(24-8-4-13(12-26)5-9-24)16(10-14)23-19(27)15-11-22-25-7-1-6-21-18(15)25/h1-3,6-7,10-11,13,26H,4-5,8-9,12H2,(H,23,27). The van der Waals surface area contributed by atoms with Gasteiger partial charge < -0.3 is 15.3 Å². The summed E-state index contributed by atoms with van der Waals surface area (Å²) in [6.45, 7) is 1.88. The number of nitrogens with one attached hydrogen (secondary N) is 1. The number of nitrogens with zero attached hydrogens (tertiary/aromatic N) is 4. The zero-order chi connectivity index (χ0) is 18.8. The molecule has 4 rings (SSSR count). The lowest BCUT2D eigenvalue weighted by molar-refractivity contribution is 0.102. The summed E-state index contributed by atoms with van der Waals surface area (Å²) >= 11 is 6.17. The van der Waals surface area contributed by atoms with Crippen LogP contribution < -0.4 is 10.2 Å². The first kappa shape index (κ1) is 17.8. The van der Waals surface area contributed by atoms with Crippen molar-refractivity contribution in [3.05, 3.63) is 53.4 Å². The van der Waals surface area contributed by atoms with E-state index in [2.05, 4.69) is 20.3 Å². The summed E-state index contributed by atoms with van der Waals surface area (Å²) in [5.41, 5.74) is 2.49. The first-order valence-electron chi connectivity index (χ1n) is 8.91. The van der Waals surface area contributed by atoms with Crippen molar-refractivity contribution in [2.75, 3.05) is 29.9 Å². The summed E-state index contributed by atoms with van der Waals surface area (Å²) < 4.78 is 1.56. The number of amides is 1. The lowest BCUT2D eigenvalue weighted by atomic mass is 9.97. The number of rotatable bonds is 4. The molecule has 1 fully saturated rings. The molecule has 2 aromatic heterocycles. The monoisotopic (exact) mass is 385 g/mol. The fourth-order valence-electron chi connectivity index (χ4n) is 3.42. The van der Waals surface area contributed by atoms with Gasteiger partial charge in [0.15, 0.2) is 5.65 Å². The molecule has 2 N–H and O–H groups in total. The number of aliphatic hydroxyl groups is 1. The van der Waals surface area contributed by atoms with Gasteiger partial charge in [0.25, 0.3) is 5.91 Å². The molecule has 7 nitrogen and oxygen atoms in total. The third kappa shape index (κ3) is 3.61. The van der Waals surface area contributed by atoms with Crippen molar-refractivity contribution in [3.63, 3.8) is 0 Å². The predicted molar refractivity (Wildman–Crippen MR) is 104 cm³/mol. The maximum absolute atomic E-state index is 12.8. The first-order chi connectivity index (χ1) is 13.2. The first-order valence-corrected chi connectivity index (χ1v) is 9.28. The number of anilines is 2. The number of carbonyl (C=O) groups is 1. The minimum Gasteiger partial charge on any atom is -0.396 e. The number of fused-ring (bicyclic) bond motifs is 1. The molecule has 3 aromatic rings. The topological polar surface area (TPSA) is 82.8 Å². The van der Waals surface area contributed by atoms with Gasteiger partial charge in [-0.25, -0.2) is 9.50 Å². The van der Waals surface area contributed by atoms with Crippen molar-refractivity contribution in [2.45, 2.75) is 12.8 Å². The molecule has 27 heavy (non-hydrogen) atoms. The molecule has 1 amide bonds. The summed E-state index contributed by atoms with van der Waals surface area (Å²) in [6, 6.07) is 7.26. The fraction of sp³-hybridized carbons (Fsp3) is 0.316. The maximum atomic E-state index is 12.8. The van der Waals surface area contributed by atoms with Crippen LogP contribution >= 0.6 is 11.6 Å². The van der Waals surface area contributed by atoms with E-state index in [4.69, 9.17) is 11.6 Å². The smallest absolute Gasteiger partial charge is 0.261 e. The SMILES string of the molecule is O=C(Nc1cc(Cl)ccc1N1CCC(CO)CC1)c1cnn2cccnc12. The molecular formula is C19H20ClN5O2. The van der Waals surface area contributed by atoms with Gasteiger partial charge in [-0.1, -0.05) is 11.6 Å². The molecule has 1 aliphatic rings. The molecule has 1 saturated heterocycles. The number of benzene rings is 1. The van der Waals surface area contributed by atoms with Crippen LogP contribution in [0.2, 0.25) is 5.02 Å². The van der Waals surface area contributed by atoms with E-state index >= 15 is 0 Å². The summed E-state index contributed by atoms with van der Waals surface area (Å²) in [5.74, 6) is 0.0638. The van der Waals surface area contributed by atoms with Crippen LogP contribution in [-0.4, -0.2) is 45.3 Å². The quantitative estimate of drug-likeness (QED) is 0.721. The van der Waals surface area contributed by atoms with Crippen LogP contribution in [0.5, 0.6) is 0 Å². The minimum atomic E-state index is -0.280. The van der Waals surface area contributed by atoms with Crippen LogP contribution in [0.3, 0.4) is 0 Å². The molecule has 1 aromatic carbocycles. The highest BCUT2D eigenvalue weighted by Gasteiger charge is 2.22. The molecule has 0 aliphatic carbocycles. The highest BCUT2D eigenvalue weighted by atomic mass is 35.5. The van der Waals surface area contributed by atoms with Crippen molar-refractivity contribution in [3.8, 4) is 0 Å². The third-order valence-electron chi connectivity index (χ3n) is 4.94. The Morgan fingerprint density at radius 1 is 1.33 bits per heavy atom. The number of aliphatic hydroxyl groups excluding tert-OH is 1. The Labute approximate surface area is 161 Å². The maximum Gasteiger partial charge on any atom is 0.261 e. The molecule has 3 heterocycles. The Morgan fingerprint density at radius 2 is 2.15 bits per heavy atom. The predicted octanol–water partition coefficient (Wildman–Crippen LogP) is 2.84. The molecule has 0 atom stereocenters. The zero-order valence-electron chi connectivity index (χ0n) is 14.7. The molecule has 0 bridgehead atoms. The Kier molecular flexibility index (Phi) is 4.96. The van der Waals surface area contributed by atoms with E-state index in [1.807, 2.05) is 12.1 Å². The number of piperidine rings is 1. The van der Waals surface area contributed by atoms with E-state index in [1.165, 1.54) is 6.20 Å². The van der Waals surface area contributed by atoms with E-state index in [0.29, 0.717) is 27.8 Å². The molecule has 8 heteroatoms.